The molecule has 2 aromatic carbocycles. The highest BCUT2D eigenvalue weighted by Gasteiger charge is 2.16. The first-order valence-electron chi connectivity index (χ1n) is 7.46. The third kappa shape index (κ3) is 3.13. The van der Waals surface area contributed by atoms with Crippen LogP contribution >= 0.6 is 0 Å². The fourth-order valence-corrected chi connectivity index (χ4v) is 3.48. The maximum Gasteiger partial charge on any atom is 0.261 e. The number of benzene rings is 2. The van der Waals surface area contributed by atoms with Gasteiger partial charge in [-0.1, -0.05) is 25.1 Å². The molecule has 124 valence electrons. The van der Waals surface area contributed by atoms with E-state index < -0.39 is 10.0 Å². The highest BCUT2D eigenvalue weighted by molar-refractivity contribution is 7.92. The third-order valence-corrected chi connectivity index (χ3v) is 5.17. The van der Waals surface area contributed by atoms with Crippen LogP contribution in [0.25, 0.3) is 5.69 Å². The van der Waals surface area contributed by atoms with E-state index in [4.69, 9.17) is 0 Å². The predicted molar refractivity (Wildman–Crippen MR) is 90.5 cm³/mol. The monoisotopic (exact) mass is 343 g/mol. The second kappa shape index (κ2) is 6.40. The Bertz CT molecular complexity index is 935. The van der Waals surface area contributed by atoms with Gasteiger partial charge in [-0.25, -0.2) is 13.1 Å². The molecule has 0 amide bonds. The molecule has 1 N–H and O–H groups in total. The van der Waals surface area contributed by atoms with Crippen molar-refractivity contribution in [2.45, 2.75) is 25.2 Å². The van der Waals surface area contributed by atoms with Gasteiger partial charge < -0.3 is 0 Å². The maximum absolute atomic E-state index is 12.6. The van der Waals surface area contributed by atoms with E-state index in [9.17, 15) is 8.42 Å². The number of sulfonamides is 1. The number of anilines is 1. The minimum atomic E-state index is -3.66. The number of aromatic nitrogens is 4. The van der Waals surface area contributed by atoms with Gasteiger partial charge in [0.25, 0.3) is 10.0 Å². The van der Waals surface area contributed by atoms with Gasteiger partial charge in [0.1, 0.15) is 6.33 Å². The molecule has 1 heterocycles. The molecule has 0 aliphatic rings. The molecular weight excluding hydrogens is 326 g/mol. The minimum Gasteiger partial charge on any atom is -0.279 e. The second-order valence-corrected chi connectivity index (χ2v) is 6.99. The summed E-state index contributed by atoms with van der Waals surface area (Å²) in [6.07, 6.45) is 2.32. The first kappa shape index (κ1) is 16.1. The van der Waals surface area contributed by atoms with Gasteiger partial charge in [0, 0.05) is 0 Å². The van der Waals surface area contributed by atoms with Crippen molar-refractivity contribution in [3.05, 3.63) is 59.9 Å². The molecule has 0 saturated carbocycles. The summed E-state index contributed by atoms with van der Waals surface area (Å²) in [5.74, 6) is 0. The van der Waals surface area contributed by atoms with Crippen molar-refractivity contribution in [2.75, 3.05) is 4.72 Å². The lowest BCUT2D eigenvalue weighted by atomic mass is 10.1. The fraction of sp³-hybridized carbons (Fsp3) is 0.188. The van der Waals surface area contributed by atoms with Crippen LogP contribution in [0.5, 0.6) is 0 Å². The van der Waals surface area contributed by atoms with Gasteiger partial charge in [0.05, 0.1) is 16.3 Å². The van der Waals surface area contributed by atoms with Crippen molar-refractivity contribution in [3.8, 4) is 5.69 Å². The van der Waals surface area contributed by atoms with Gasteiger partial charge in [-0.15, -0.1) is 5.10 Å². The maximum atomic E-state index is 12.6. The molecule has 8 heteroatoms. The van der Waals surface area contributed by atoms with E-state index in [1.54, 1.807) is 24.3 Å². The number of hydrogen-bond donors (Lipinski definition) is 1. The van der Waals surface area contributed by atoms with E-state index in [0.717, 1.165) is 17.5 Å². The zero-order chi connectivity index (χ0) is 17.2. The highest BCUT2D eigenvalue weighted by Crippen LogP contribution is 2.24. The van der Waals surface area contributed by atoms with Crippen LogP contribution in [-0.4, -0.2) is 28.6 Å². The first-order valence-corrected chi connectivity index (χ1v) is 8.94. The van der Waals surface area contributed by atoms with Crippen LogP contribution in [0.4, 0.5) is 5.69 Å². The molecule has 7 nitrogen and oxygen atoms in total. The van der Waals surface area contributed by atoms with E-state index in [2.05, 4.69) is 20.2 Å². The zero-order valence-electron chi connectivity index (χ0n) is 13.3. The molecule has 0 unspecified atom stereocenters. The van der Waals surface area contributed by atoms with Gasteiger partial charge in [0.15, 0.2) is 0 Å². The van der Waals surface area contributed by atoms with Crippen molar-refractivity contribution in [3.63, 3.8) is 0 Å². The second-order valence-electron chi connectivity index (χ2n) is 5.31. The Hall–Kier alpha value is -2.74. The highest BCUT2D eigenvalue weighted by atomic mass is 32.2. The number of tetrazole rings is 1. The molecule has 0 radical (unpaired) electrons. The van der Waals surface area contributed by atoms with Crippen LogP contribution in [0, 0.1) is 6.92 Å². The zero-order valence-corrected chi connectivity index (χ0v) is 14.2. The summed E-state index contributed by atoms with van der Waals surface area (Å²) in [4.78, 5) is 0.229. The summed E-state index contributed by atoms with van der Waals surface area (Å²) in [5, 5.41) is 11.0. The van der Waals surface area contributed by atoms with Crippen LogP contribution in [0.1, 0.15) is 18.1 Å². The Labute approximate surface area is 140 Å². The number of hydrogen-bond acceptors (Lipinski definition) is 5. The van der Waals surface area contributed by atoms with E-state index in [0.29, 0.717) is 11.4 Å². The van der Waals surface area contributed by atoms with Crippen LogP contribution in [0.2, 0.25) is 0 Å². The van der Waals surface area contributed by atoms with Crippen LogP contribution in [0.3, 0.4) is 0 Å². The largest absolute Gasteiger partial charge is 0.279 e. The topological polar surface area (TPSA) is 89.8 Å². The summed E-state index contributed by atoms with van der Waals surface area (Å²) in [5.41, 5.74) is 3.02. The Balaban J connectivity index is 1.94. The smallest absolute Gasteiger partial charge is 0.261 e. The molecule has 1 aromatic heterocycles. The van der Waals surface area contributed by atoms with E-state index >= 15 is 0 Å². The summed E-state index contributed by atoms with van der Waals surface area (Å²) in [6, 6.07) is 12.1. The van der Waals surface area contributed by atoms with Gasteiger partial charge in [0.2, 0.25) is 0 Å². The molecule has 3 rings (SSSR count). The number of nitrogens with zero attached hydrogens (tertiary/aromatic N) is 4. The van der Waals surface area contributed by atoms with Crippen LogP contribution < -0.4 is 4.72 Å². The molecule has 0 aliphatic carbocycles. The Morgan fingerprint density at radius 1 is 1.12 bits per heavy atom. The number of aryl methyl sites for hydroxylation is 1. The van der Waals surface area contributed by atoms with Gasteiger partial charge >= 0.3 is 0 Å². The Morgan fingerprint density at radius 2 is 1.88 bits per heavy atom. The van der Waals surface area contributed by atoms with E-state index in [1.807, 2.05) is 32.0 Å². The third-order valence-electron chi connectivity index (χ3n) is 3.79. The van der Waals surface area contributed by atoms with Crippen molar-refractivity contribution in [2.24, 2.45) is 0 Å². The summed E-state index contributed by atoms with van der Waals surface area (Å²) in [6.45, 7) is 3.84. The minimum absolute atomic E-state index is 0.229. The molecule has 0 spiro atoms. The van der Waals surface area contributed by atoms with Gasteiger partial charge in [-0.3, -0.25) is 4.72 Å². The summed E-state index contributed by atoms with van der Waals surface area (Å²) < 4.78 is 29.3. The standard InChI is InChI=1S/C16H17N5O2S/c1-3-13-7-9-14(10-8-13)24(22,23)18-15-5-4-6-16(12(15)2)21-11-17-19-20-21/h4-11,18H,3H2,1-2H3. The molecule has 0 aliphatic heterocycles. The molecule has 24 heavy (non-hydrogen) atoms. The molecule has 0 bridgehead atoms. The lowest BCUT2D eigenvalue weighted by molar-refractivity contribution is 0.601. The van der Waals surface area contributed by atoms with E-state index in [1.165, 1.54) is 11.0 Å². The van der Waals surface area contributed by atoms with Gasteiger partial charge in [-0.05, 0) is 59.2 Å². The summed E-state index contributed by atoms with van der Waals surface area (Å²) in [7, 11) is -3.66. The predicted octanol–water partition coefficient (Wildman–Crippen LogP) is 2.33. The lowest BCUT2D eigenvalue weighted by Crippen LogP contribution is -2.14. The van der Waals surface area contributed by atoms with Crippen molar-refractivity contribution < 1.29 is 8.42 Å². The molecule has 0 atom stereocenters. The van der Waals surface area contributed by atoms with Crippen molar-refractivity contribution in [1.29, 1.82) is 0 Å². The fourth-order valence-electron chi connectivity index (χ4n) is 2.36. The van der Waals surface area contributed by atoms with Crippen LogP contribution in [-0.2, 0) is 16.4 Å². The number of rotatable bonds is 5. The van der Waals surface area contributed by atoms with Crippen molar-refractivity contribution in [1.82, 2.24) is 20.2 Å². The Morgan fingerprint density at radius 3 is 2.50 bits per heavy atom. The lowest BCUT2D eigenvalue weighted by Gasteiger charge is -2.13. The summed E-state index contributed by atoms with van der Waals surface area (Å²) >= 11 is 0. The average molecular weight is 343 g/mol. The van der Waals surface area contributed by atoms with Crippen molar-refractivity contribution >= 4 is 15.7 Å². The molecule has 0 fully saturated rings. The molecule has 0 saturated heterocycles. The average Bonchev–Trinajstić information content (AvgIpc) is 3.11. The van der Waals surface area contributed by atoms with Crippen LogP contribution in [0.15, 0.2) is 53.7 Å². The normalized spacial score (nSPS) is 11.4. The molecule has 3 aromatic rings. The van der Waals surface area contributed by atoms with Gasteiger partial charge in [-0.2, -0.15) is 0 Å². The SMILES string of the molecule is CCc1ccc(S(=O)(=O)Nc2cccc(-n3cnnn3)c2C)cc1. The Kier molecular flexibility index (Phi) is 4.30. The van der Waals surface area contributed by atoms with E-state index in [-0.39, 0.29) is 4.90 Å². The molecular formula is C16H17N5O2S. The first-order chi connectivity index (χ1) is 11.5. The number of nitrogens with one attached hydrogen (secondary N) is 1. The quantitative estimate of drug-likeness (QED) is 0.768.